The van der Waals surface area contributed by atoms with E-state index < -0.39 is 0 Å². The molecule has 156 valence electrons. The smallest absolute Gasteiger partial charge is 0.226 e. The Morgan fingerprint density at radius 2 is 1.35 bits per heavy atom. The minimum Gasteiger partial charge on any atom is -0.473 e. The molecule has 4 rings (SSSR count). The molecule has 4 aromatic rings. The molecule has 2 aromatic heterocycles. The first-order valence-corrected chi connectivity index (χ1v) is 10.9. The van der Waals surface area contributed by atoms with Crippen LogP contribution in [-0.4, -0.2) is 9.97 Å². The van der Waals surface area contributed by atoms with Gasteiger partial charge in [-0.25, -0.2) is 0 Å². The Bertz CT molecular complexity index is 1140. The first kappa shape index (κ1) is 21.1. The zero-order valence-electron chi connectivity index (χ0n) is 17.5. The first-order valence-electron chi connectivity index (χ1n) is 10.1. The molecule has 0 aliphatic rings. The molecule has 0 N–H and O–H groups in total. The van der Waals surface area contributed by atoms with Gasteiger partial charge >= 0.3 is 0 Å². The Labute approximate surface area is 191 Å². The van der Waals surface area contributed by atoms with Crippen LogP contribution in [0.25, 0.3) is 11.3 Å². The van der Waals surface area contributed by atoms with E-state index in [1.165, 1.54) is 0 Å². The van der Waals surface area contributed by atoms with Crippen molar-refractivity contribution < 1.29 is 9.47 Å². The fourth-order valence-corrected chi connectivity index (χ4v) is 3.42. The molecule has 0 radical (unpaired) electrons. The highest BCUT2D eigenvalue weighted by molar-refractivity contribution is 9.10. The topological polar surface area (TPSA) is 44.2 Å². The van der Waals surface area contributed by atoms with Crippen LogP contribution in [-0.2, 0) is 13.2 Å². The minimum atomic E-state index is 0.414. The van der Waals surface area contributed by atoms with Gasteiger partial charge in [-0.1, -0.05) is 60.7 Å². The average Bonchev–Trinajstić information content (AvgIpc) is 2.81. The fraction of sp³-hybridized carbons (Fsp3) is 0.154. The van der Waals surface area contributed by atoms with Gasteiger partial charge in [0, 0.05) is 10.5 Å². The van der Waals surface area contributed by atoms with Gasteiger partial charge in [-0.2, -0.15) is 4.98 Å². The zero-order chi connectivity index (χ0) is 21.6. The van der Waals surface area contributed by atoms with Crippen molar-refractivity contribution in [3.63, 3.8) is 0 Å². The van der Waals surface area contributed by atoms with Gasteiger partial charge in [-0.15, -0.1) is 0 Å². The van der Waals surface area contributed by atoms with Gasteiger partial charge in [-0.3, -0.25) is 4.98 Å². The summed E-state index contributed by atoms with van der Waals surface area (Å²) in [6, 6.07) is 25.9. The van der Waals surface area contributed by atoms with Crippen LogP contribution in [0.3, 0.4) is 0 Å². The molecule has 0 saturated heterocycles. The molecule has 0 aliphatic carbocycles. The van der Waals surface area contributed by atoms with Crippen molar-refractivity contribution in [3.05, 3.63) is 106 Å². The Morgan fingerprint density at radius 3 is 1.97 bits per heavy atom. The molecule has 0 atom stereocenters. The highest BCUT2D eigenvalue weighted by atomic mass is 79.9. The number of aromatic nitrogens is 2. The number of ether oxygens (including phenoxy) is 2. The van der Waals surface area contributed by atoms with E-state index in [0.29, 0.717) is 25.0 Å². The van der Waals surface area contributed by atoms with Crippen LogP contribution in [0.15, 0.2) is 83.3 Å². The van der Waals surface area contributed by atoms with E-state index in [4.69, 9.17) is 14.5 Å². The summed E-state index contributed by atoms with van der Waals surface area (Å²) in [5.41, 5.74) is 5.85. The van der Waals surface area contributed by atoms with Crippen molar-refractivity contribution in [2.45, 2.75) is 27.1 Å². The lowest BCUT2D eigenvalue weighted by atomic mass is 10.1. The van der Waals surface area contributed by atoms with Crippen LogP contribution in [0, 0.1) is 13.8 Å². The van der Waals surface area contributed by atoms with Gasteiger partial charge in [-0.05, 0) is 58.6 Å². The van der Waals surface area contributed by atoms with E-state index in [9.17, 15) is 0 Å². The summed E-state index contributed by atoms with van der Waals surface area (Å²) in [6.45, 7) is 4.89. The minimum absolute atomic E-state index is 0.414. The third-order valence-electron chi connectivity index (χ3n) is 4.86. The largest absolute Gasteiger partial charge is 0.473 e. The first-order chi connectivity index (χ1) is 15.1. The van der Waals surface area contributed by atoms with Crippen LogP contribution < -0.4 is 9.47 Å². The fourth-order valence-electron chi connectivity index (χ4n) is 3.22. The number of benzene rings is 2. The van der Waals surface area contributed by atoms with Crippen molar-refractivity contribution >= 4 is 15.9 Å². The van der Waals surface area contributed by atoms with Gasteiger partial charge in [0.1, 0.15) is 13.2 Å². The predicted octanol–water partition coefficient (Wildman–Crippen LogP) is 6.68. The van der Waals surface area contributed by atoms with Gasteiger partial charge in [0.05, 0.1) is 17.0 Å². The Kier molecular flexibility index (Phi) is 6.63. The number of hydrogen-bond donors (Lipinski definition) is 0. The lowest BCUT2D eigenvalue weighted by Gasteiger charge is -2.14. The molecule has 0 saturated carbocycles. The molecule has 5 heteroatoms. The summed E-state index contributed by atoms with van der Waals surface area (Å²) in [6.07, 6.45) is 0. The van der Waals surface area contributed by atoms with Crippen LogP contribution >= 0.6 is 15.9 Å². The molecule has 0 fully saturated rings. The average molecular weight is 475 g/mol. The summed E-state index contributed by atoms with van der Waals surface area (Å²) in [4.78, 5) is 9.40. The van der Waals surface area contributed by atoms with Crippen LogP contribution in [0.5, 0.6) is 11.8 Å². The van der Waals surface area contributed by atoms with E-state index in [2.05, 4.69) is 27.8 Å². The molecular formula is C26H23BrN2O2. The Balaban J connectivity index is 1.64. The van der Waals surface area contributed by atoms with Crippen molar-refractivity contribution in [1.82, 2.24) is 9.97 Å². The quantitative estimate of drug-likeness (QED) is 0.299. The number of nitrogens with zero attached hydrogens (tertiary/aromatic N) is 2. The van der Waals surface area contributed by atoms with Gasteiger partial charge in [0.2, 0.25) is 11.8 Å². The summed E-state index contributed by atoms with van der Waals surface area (Å²) < 4.78 is 13.1. The Morgan fingerprint density at radius 1 is 0.742 bits per heavy atom. The lowest BCUT2D eigenvalue weighted by molar-refractivity contribution is 0.268. The number of rotatable bonds is 7. The SMILES string of the molecule is Cc1cc(-c2ccc(OCc3ccccc3)nc2OCc2ccccc2)nc(C)c1Br. The number of hydrogen-bond acceptors (Lipinski definition) is 4. The summed E-state index contributed by atoms with van der Waals surface area (Å²) >= 11 is 3.59. The van der Waals surface area contributed by atoms with Crippen molar-refractivity contribution in [3.8, 4) is 23.0 Å². The summed E-state index contributed by atoms with van der Waals surface area (Å²) in [5.74, 6) is 1.02. The maximum atomic E-state index is 6.14. The van der Waals surface area contributed by atoms with Crippen molar-refractivity contribution in [2.75, 3.05) is 0 Å². The van der Waals surface area contributed by atoms with Crippen molar-refractivity contribution in [2.24, 2.45) is 0 Å². The lowest BCUT2D eigenvalue weighted by Crippen LogP contribution is -2.03. The zero-order valence-corrected chi connectivity index (χ0v) is 19.1. The van der Waals surface area contributed by atoms with Gasteiger partial charge in [0.15, 0.2) is 0 Å². The molecule has 2 aromatic carbocycles. The second-order valence-electron chi connectivity index (χ2n) is 7.27. The third kappa shape index (κ3) is 5.30. The van der Waals surface area contributed by atoms with Crippen LogP contribution in [0.1, 0.15) is 22.4 Å². The second-order valence-corrected chi connectivity index (χ2v) is 8.07. The predicted molar refractivity (Wildman–Crippen MR) is 126 cm³/mol. The number of halogens is 1. The van der Waals surface area contributed by atoms with Crippen LogP contribution in [0.4, 0.5) is 0 Å². The molecule has 4 nitrogen and oxygen atoms in total. The maximum absolute atomic E-state index is 6.14. The normalized spacial score (nSPS) is 10.7. The maximum Gasteiger partial charge on any atom is 0.226 e. The van der Waals surface area contributed by atoms with Crippen LogP contribution in [0.2, 0.25) is 0 Å². The van der Waals surface area contributed by atoms with E-state index in [-0.39, 0.29) is 0 Å². The monoisotopic (exact) mass is 474 g/mol. The molecule has 0 amide bonds. The standard InChI is InChI=1S/C26H23BrN2O2/c1-18-15-23(28-19(2)25(18)27)22-13-14-24(30-16-20-9-5-3-6-10-20)29-26(22)31-17-21-11-7-4-8-12-21/h3-15H,16-17H2,1-2H3. The molecule has 31 heavy (non-hydrogen) atoms. The molecule has 0 aliphatic heterocycles. The Hall–Kier alpha value is -3.18. The van der Waals surface area contributed by atoms with E-state index in [1.807, 2.05) is 85.8 Å². The van der Waals surface area contributed by atoms with E-state index in [1.54, 1.807) is 0 Å². The van der Waals surface area contributed by atoms with E-state index in [0.717, 1.165) is 38.1 Å². The summed E-state index contributed by atoms with van der Waals surface area (Å²) in [5, 5.41) is 0. The second kappa shape index (κ2) is 9.75. The molecule has 0 unspecified atom stereocenters. The molecular weight excluding hydrogens is 452 g/mol. The highest BCUT2D eigenvalue weighted by Crippen LogP contribution is 2.33. The van der Waals surface area contributed by atoms with E-state index >= 15 is 0 Å². The molecule has 2 heterocycles. The highest BCUT2D eigenvalue weighted by Gasteiger charge is 2.14. The molecule has 0 spiro atoms. The molecule has 0 bridgehead atoms. The van der Waals surface area contributed by atoms with Gasteiger partial charge in [0.25, 0.3) is 0 Å². The summed E-state index contributed by atoms with van der Waals surface area (Å²) in [7, 11) is 0. The van der Waals surface area contributed by atoms with Gasteiger partial charge < -0.3 is 9.47 Å². The third-order valence-corrected chi connectivity index (χ3v) is 6.06. The van der Waals surface area contributed by atoms with Crippen molar-refractivity contribution in [1.29, 1.82) is 0 Å². The number of aryl methyl sites for hydroxylation is 2. The number of pyridine rings is 2.